The highest BCUT2D eigenvalue weighted by Gasteiger charge is 2.35. The Morgan fingerprint density at radius 1 is 1.24 bits per heavy atom. The number of nitrogens with one attached hydrogen (secondary N) is 1. The van der Waals surface area contributed by atoms with Gasteiger partial charge >= 0.3 is 5.97 Å². The molecule has 2 rings (SSSR count). The normalized spacial score (nSPS) is 22.9. The minimum Gasteiger partial charge on any atom is -0.459 e. The number of piperidine rings is 1. The number of carbonyl (C=O) groups is 1. The van der Waals surface area contributed by atoms with E-state index in [0.29, 0.717) is 5.92 Å². The third-order valence-electron chi connectivity index (χ3n) is 4.03. The van der Waals surface area contributed by atoms with E-state index in [4.69, 9.17) is 4.74 Å². The predicted molar refractivity (Wildman–Crippen MR) is 67.6 cm³/mol. The first-order chi connectivity index (χ1) is 8.09. The van der Waals surface area contributed by atoms with Gasteiger partial charge in [0.15, 0.2) is 0 Å². The molecule has 2 aliphatic rings. The van der Waals surface area contributed by atoms with Crippen LogP contribution in [-0.2, 0) is 9.53 Å². The number of esters is 1. The molecule has 1 saturated heterocycles. The van der Waals surface area contributed by atoms with Crippen LogP contribution in [0.2, 0.25) is 0 Å². The fourth-order valence-electron chi connectivity index (χ4n) is 2.75. The van der Waals surface area contributed by atoms with Crippen LogP contribution >= 0.6 is 0 Å². The number of ether oxygens (including phenoxy) is 1. The molecule has 3 heteroatoms. The molecule has 1 aliphatic heterocycles. The van der Waals surface area contributed by atoms with E-state index in [0.717, 1.165) is 38.8 Å². The highest BCUT2D eigenvalue weighted by Crippen LogP contribution is 2.31. The van der Waals surface area contributed by atoms with Crippen molar-refractivity contribution in [1.82, 2.24) is 5.32 Å². The summed E-state index contributed by atoms with van der Waals surface area (Å²) in [6.45, 7) is 6.19. The van der Waals surface area contributed by atoms with Gasteiger partial charge in [-0.1, -0.05) is 12.2 Å². The van der Waals surface area contributed by atoms with Gasteiger partial charge in [0, 0.05) is 5.92 Å². The Morgan fingerprint density at radius 2 is 1.82 bits per heavy atom. The van der Waals surface area contributed by atoms with E-state index >= 15 is 0 Å². The predicted octanol–water partition coefficient (Wildman–Crippen LogP) is 2.27. The molecule has 1 aliphatic carbocycles. The SMILES string of the molecule is CC(C)(OC(=O)C1CC=CC1)C1CCNCC1. The fourth-order valence-corrected chi connectivity index (χ4v) is 2.75. The molecule has 1 fully saturated rings. The van der Waals surface area contributed by atoms with Gasteiger partial charge in [0.2, 0.25) is 0 Å². The summed E-state index contributed by atoms with van der Waals surface area (Å²) in [5, 5.41) is 3.34. The van der Waals surface area contributed by atoms with Gasteiger partial charge in [-0.05, 0) is 52.6 Å². The smallest absolute Gasteiger partial charge is 0.310 e. The maximum Gasteiger partial charge on any atom is 0.310 e. The third kappa shape index (κ3) is 3.09. The molecule has 0 aromatic heterocycles. The molecule has 17 heavy (non-hydrogen) atoms. The van der Waals surface area contributed by atoms with Gasteiger partial charge in [-0.3, -0.25) is 4.79 Å². The molecule has 0 unspecified atom stereocenters. The lowest BCUT2D eigenvalue weighted by atomic mass is 9.83. The zero-order valence-corrected chi connectivity index (χ0v) is 10.9. The Balaban J connectivity index is 1.88. The van der Waals surface area contributed by atoms with Crippen LogP contribution in [0.4, 0.5) is 0 Å². The molecule has 0 atom stereocenters. The van der Waals surface area contributed by atoms with Crippen molar-refractivity contribution >= 4 is 5.97 Å². The van der Waals surface area contributed by atoms with Gasteiger partial charge in [0.1, 0.15) is 5.60 Å². The maximum atomic E-state index is 12.0. The molecule has 1 heterocycles. The molecule has 0 saturated carbocycles. The summed E-state index contributed by atoms with van der Waals surface area (Å²) in [7, 11) is 0. The van der Waals surface area contributed by atoms with Crippen molar-refractivity contribution < 1.29 is 9.53 Å². The van der Waals surface area contributed by atoms with Crippen molar-refractivity contribution in [2.24, 2.45) is 11.8 Å². The second-order valence-corrected chi connectivity index (χ2v) is 5.69. The minimum atomic E-state index is -0.318. The third-order valence-corrected chi connectivity index (χ3v) is 4.03. The Hall–Kier alpha value is -0.830. The average molecular weight is 237 g/mol. The molecular formula is C14H23NO2. The maximum absolute atomic E-state index is 12.0. The van der Waals surface area contributed by atoms with Crippen molar-refractivity contribution in [3.8, 4) is 0 Å². The fraction of sp³-hybridized carbons (Fsp3) is 0.786. The summed E-state index contributed by atoms with van der Waals surface area (Å²) in [5.74, 6) is 0.539. The van der Waals surface area contributed by atoms with Crippen LogP contribution in [0, 0.1) is 11.8 Å². The Kier molecular flexibility index (Phi) is 3.87. The van der Waals surface area contributed by atoms with E-state index in [1.54, 1.807) is 0 Å². The second kappa shape index (κ2) is 5.21. The molecule has 0 aromatic carbocycles. The Labute approximate surface area is 104 Å². The van der Waals surface area contributed by atoms with Gasteiger partial charge in [-0.2, -0.15) is 0 Å². The van der Waals surface area contributed by atoms with E-state index in [1.165, 1.54) is 0 Å². The molecule has 0 spiro atoms. The Morgan fingerprint density at radius 3 is 2.41 bits per heavy atom. The molecule has 3 nitrogen and oxygen atoms in total. The summed E-state index contributed by atoms with van der Waals surface area (Å²) in [5.41, 5.74) is -0.318. The van der Waals surface area contributed by atoms with E-state index in [9.17, 15) is 4.79 Å². The van der Waals surface area contributed by atoms with E-state index in [2.05, 4.69) is 31.3 Å². The van der Waals surface area contributed by atoms with Crippen LogP contribution in [-0.4, -0.2) is 24.7 Å². The van der Waals surface area contributed by atoms with Gasteiger partial charge in [0.05, 0.1) is 5.92 Å². The van der Waals surface area contributed by atoms with Crippen molar-refractivity contribution in [3.63, 3.8) is 0 Å². The van der Waals surface area contributed by atoms with Crippen molar-refractivity contribution in [1.29, 1.82) is 0 Å². The first kappa shape index (κ1) is 12.6. The van der Waals surface area contributed by atoms with Gasteiger partial charge in [-0.15, -0.1) is 0 Å². The van der Waals surface area contributed by atoms with Crippen LogP contribution < -0.4 is 5.32 Å². The van der Waals surface area contributed by atoms with Crippen molar-refractivity contribution in [2.75, 3.05) is 13.1 Å². The molecule has 0 radical (unpaired) electrons. The monoisotopic (exact) mass is 237 g/mol. The number of carbonyl (C=O) groups excluding carboxylic acids is 1. The van der Waals surface area contributed by atoms with E-state index in [-0.39, 0.29) is 17.5 Å². The number of allylic oxidation sites excluding steroid dienone is 2. The topological polar surface area (TPSA) is 38.3 Å². The van der Waals surface area contributed by atoms with E-state index in [1.807, 2.05) is 0 Å². The second-order valence-electron chi connectivity index (χ2n) is 5.69. The zero-order chi connectivity index (χ0) is 12.3. The molecule has 0 bridgehead atoms. The lowest BCUT2D eigenvalue weighted by molar-refractivity contribution is -0.167. The largest absolute Gasteiger partial charge is 0.459 e. The van der Waals surface area contributed by atoms with Crippen LogP contribution in [0.3, 0.4) is 0 Å². The summed E-state index contributed by atoms with van der Waals surface area (Å²) in [4.78, 5) is 12.0. The first-order valence-corrected chi connectivity index (χ1v) is 6.68. The zero-order valence-electron chi connectivity index (χ0n) is 10.9. The van der Waals surface area contributed by atoms with Crippen LogP contribution in [0.5, 0.6) is 0 Å². The summed E-state index contributed by atoms with van der Waals surface area (Å²) >= 11 is 0. The highest BCUT2D eigenvalue weighted by molar-refractivity contribution is 5.73. The average Bonchev–Trinajstić information content (AvgIpc) is 2.83. The van der Waals surface area contributed by atoms with Crippen LogP contribution in [0.25, 0.3) is 0 Å². The Bertz CT molecular complexity index is 295. The van der Waals surface area contributed by atoms with Crippen molar-refractivity contribution in [2.45, 2.75) is 45.1 Å². The molecular weight excluding hydrogens is 214 g/mol. The number of hydrogen-bond donors (Lipinski definition) is 1. The first-order valence-electron chi connectivity index (χ1n) is 6.68. The lowest BCUT2D eigenvalue weighted by Gasteiger charge is -2.37. The van der Waals surface area contributed by atoms with Crippen molar-refractivity contribution in [3.05, 3.63) is 12.2 Å². The molecule has 1 N–H and O–H groups in total. The van der Waals surface area contributed by atoms with Crippen LogP contribution in [0.15, 0.2) is 12.2 Å². The molecule has 96 valence electrons. The summed E-state index contributed by atoms with van der Waals surface area (Å²) in [6, 6.07) is 0. The lowest BCUT2D eigenvalue weighted by Crippen LogP contribution is -2.43. The van der Waals surface area contributed by atoms with Gasteiger partial charge < -0.3 is 10.1 Å². The molecule has 0 amide bonds. The van der Waals surface area contributed by atoms with E-state index < -0.39 is 0 Å². The quantitative estimate of drug-likeness (QED) is 0.604. The highest BCUT2D eigenvalue weighted by atomic mass is 16.6. The number of hydrogen-bond acceptors (Lipinski definition) is 3. The van der Waals surface area contributed by atoms with Gasteiger partial charge in [0.25, 0.3) is 0 Å². The van der Waals surface area contributed by atoms with Gasteiger partial charge in [-0.25, -0.2) is 0 Å². The summed E-state index contributed by atoms with van der Waals surface area (Å²) in [6.07, 6.45) is 8.04. The minimum absolute atomic E-state index is 0.0152. The number of rotatable bonds is 3. The standard InChI is InChI=1S/C14H23NO2/c1-14(2,12-7-9-15-10-8-12)17-13(16)11-5-3-4-6-11/h3-4,11-12,15H,5-10H2,1-2H3. The molecule has 0 aromatic rings. The summed E-state index contributed by atoms with van der Waals surface area (Å²) < 4.78 is 5.75. The van der Waals surface area contributed by atoms with Crippen LogP contribution in [0.1, 0.15) is 39.5 Å².